The molecule has 0 amide bonds. The van der Waals surface area contributed by atoms with E-state index in [0.717, 1.165) is 23.9 Å². The molecule has 0 saturated heterocycles. The van der Waals surface area contributed by atoms with E-state index in [1.54, 1.807) is 0 Å². The van der Waals surface area contributed by atoms with E-state index in [2.05, 4.69) is 19.2 Å². The van der Waals surface area contributed by atoms with E-state index in [9.17, 15) is 0 Å². The SMILES string of the molecule is CC(CC1CCCC1)NC(C)C1CCC1. The van der Waals surface area contributed by atoms with Crippen LogP contribution < -0.4 is 5.32 Å². The summed E-state index contributed by atoms with van der Waals surface area (Å²) >= 11 is 0. The first-order chi connectivity index (χ1) is 7.25. The molecule has 1 N–H and O–H groups in total. The zero-order chi connectivity index (χ0) is 10.7. The second kappa shape index (κ2) is 5.34. The Labute approximate surface area is 95.0 Å². The maximum atomic E-state index is 3.81. The third kappa shape index (κ3) is 3.21. The minimum atomic E-state index is 0.740. The number of rotatable bonds is 5. The highest BCUT2D eigenvalue weighted by Gasteiger charge is 2.25. The molecule has 0 radical (unpaired) electrons. The van der Waals surface area contributed by atoms with E-state index in [-0.39, 0.29) is 0 Å². The average molecular weight is 209 g/mol. The van der Waals surface area contributed by atoms with Gasteiger partial charge < -0.3 is 5.32 Å². The molecule has 1 nitrogen and oxygen atoms in total. The lowest BCUT2D eigenvalue weighted by Gasteiger charge is -2.34. The van der Waals surface area contributed by atoms with Gasteiger partial charge in [-0.2, -0.15) is 0 Å². The number of hydrogen-bond donors (Lipinski definition) is 1. The Balaban J connectivity index is 1.64. The van der Waals surface area contributed by atoms with Crippen LogP contribution in [-0.2, 0) is 0 Å². The predicted octanol–water partition coefficient (Wildman–Crippen LogP) is 3.73. The molecule has 15 heavy (non-hydrogen) atoms. The molecule has 0 aliphatic heterocycles. The van der Waals surface area contributed by atoms with E-state index < -0.39 is 0 Å². The molecule has 2 saturated carbocycles. The Morgan fingerprint density at radius 1 is 1.00 bits per heavy atom. The van der Waals surface area contributed by atoms with Crippen molar-refractivity contribution in [3.63, 3.8) is 0 Å². The van der Waals surface area contributed by atoms with Gasteiger partial charge in [0.15, 0.2) is 0 Å². The first-order valence-electron chi connectivity index (χ1n) is 7.01. The zero-order valence-corrected chi connectivity index (χ0v) is 10.5. The molecule has 88 valence electrons. The molecule has 2 aliphatic rings. The molecule has 1 heteroatoms. The van der Waals surface area contributed by atoms with E-state index in [4.69, 9.17) is 0 Å². The lowest BCUT2D eigenvalue weighted by molar-refractivity contribution is 0.221. The van der Waals surface area contributed by atoms with Crippen LogP contribution in [0.15, 0.2) is 0 Å². The summed E-state index contributed by atoms with van der Waals surface area (Å²) in [6.45, 7) is 4.77. The van der Waals surface area contributed by atoms with Crippen LogP contribution in [0.4, 0.5) is 0 Å². The van der Waals surface area contributed by atoms with Crippen molar-refractivity contribution in [3.05, 3.63) is 0 Å². The van der Waals surface area contributed by atoms with Crippen LogP contribution in [0.5, 0.6) is 0 Å². The van der Waals surface area contributed by atoms with Crippen LogP contribution in [0.1, 0.15) is 65.2 Å². The van der Waals surface area contributed by atoms with Crippen molar-refractivity contribution in [3.8, 4) is 0 Å². The molecule has 0 aromatic carbocycles. The summed E-state index contributed by atoms with van der Waals surface area (Å²) < 4.78 is 0. The third-order valence-electron chi connectivity index (χ3n) is 4.57. The molecule has 2 unspecified atom stereocenters. The fraction of sp³-hybridized carbons (Fsp3) is 1.00. The fourth-order valence-electron chi connectivity index (χ4n) is 3.34. The monoisotopic (exact) mass is 209 g/mol. The average Bonchev–Trinajstić information content (AvgIpc) is 2.52. The summed E-state index contributed by atoms with van der Waals surface area (Å²) in [6.07, 6.45) is 11.7. The van der Waals surface area contributed by atoms with Crippen molar-refractivity contribution in [2.45, 2.75) is 77.3 Å². The van der Waals surface area contributed by atoms with Crippen LogP contribution in [0.3, 0.4) is 0 Å². The van der Waals surface area contributed by atoms with Crippen molar-refractivity contribution in [1.82, 2.24) is 5.32 Å². The molecule has 0 bridgehead atoms. The van der Waals surface area contributed by atoms with Gasteiger partial charge in [-0.25, -0.2) is 0 Å². The Hall–Kier alpha value is -0.0400. The molecule has 0 spiro atoms. The van der Waals surface area contributed by atoms with Gasteiger partial charge in [0.2, 0.25) is 0 Å². The summed E-state index contributed by atoms with van der Waals surface area (Å²) in [7, 11) is 0. The van der Waals surface area contributed by atoms with Gasteiger partial charge in [-0.15, -0.1) is 0 Å². The Morgan fingerprint density at radius 2 is 1.67 bits per heavy atom. The van der Waals surface area contributed by atoms with Gasteiger partial charge in [0.25, 0.3) is 0 Å². The second-order valence-corrected chi connectivity index (χ2v) is 5.93. The molecule has 0 aromatic heterocycles. The molecular formula is C14H27N. The molecule has 2 atom stereocenters. The summed E-state index contributed by atoms with van der Waals surface area (Å²) in [5, 5.41) is 3.81. The van der Waals surface area contributed by atoms with E-state index in [1.165, 1.54) is 51.4 Å². The van der Waals surface area contributed by atoms with Gasteiger partial charge in [0, 0.05) is 12.1 Å². The van der Waals surface area contributed by atoms with Gasteiger partial charge in [-0.05, 0) is 44.9 Å². The van der Waals surface area contributed by atoms with E-state index in [0.29, 0.717) is 0 Å². The van der Waals surface area contributed by atoms with Crippen molar-refractivity contribution < 1.29 is 0 Å². The van der Waals surface area contributed by atoms with E-state index in [1.807, 2.05) is 0 Å². The van der Waals surface area contributed by atoms with Crippen LogP contribution in [-0.4, -0.2) is 12.1 Å². The van der Waals surface area contributed by atoms with Crippen molar-refractivity contribution in [2.24, 2.45) is 11.8 Å². The van der Waals surface area contributed by atoms with E-state index >= 15 is 0 Å². The minimum Gasteiger partial charge on any atom is -0.311 e. The maximum absolute atomic E-state index is 3.81. The van der Waals surface area contributed by atoms with Crippen molar-refractivity contribution in [2.75, 3.05) is 0 Å². The number of nitrogens with one attached hydrogen (secondary N) is 1. The first-order valence-corrected chi connectivity index (χ1v) is 7.01. The Bertz CT molecular complexity index is 180. The van der Waals surface area contributed by atoms with Gasteiger partial charge in [-0.1, -0.05) is 32.1 Å². The van der Waals surface area contributed by atoms with Gasteiger partial charge in [0.1, 0.15) is 0 Å². The second-order valence-electron chi connectivity index (χ2n) is 5.93. The van der Waals surface area contributed by atoms with Crippen LogP contribution >= 0.6 is 0 Å². The number of hydrogen-bond acceptors (Lipinski definition) is 1. The predicted molar refractivity (Wildman–Crippen MR) is 66.0 cm³/mol. The Morgan fingerprint density at radius 3 is 2.20 bits per heavy atom. The lowest BCUT2D eigenvalue weighted by Crippen LogP contribution is -2.42. The van der Waals surface area contributed by atoms with Crippen LogP contribution in [0.25, 0.3) is 0 Å². The fourth-order valence-corrected chi connectivity index (χ4v) is 3.34. The summed E-state index contributed by atoms with van der Waals surface area (Å²) in [5.74, 6) is 2.01. The van der Waals surface area contributed by atoms with Crippen LogP contribution in [0.2, 0.25) is 0 Å². The van der Waals surface area contributed by atoms with Crippen molar-refractivity contribution >= 4 is 0 Å². The quantitative estimate of drug-likeness (QED) is 0.727. The molecule has 2 rings (SSSR count). The Kier molecular flexibility index (Phi) is 4.07. The largest absolute Gasteiger partial charge is 0.311 e. The summed E-state index contributed by atoms with van der Waals surface area (Å²) in [6, 6.07) is 1.50. The first kappa shape index (κ1) is 11.4. The lowest BCUT2D eigenvalue weighted by atomic mass is 9.80. The summed E-state index contributed by atoms with van der Waals surface area (Å²) in [4.78, 5) is 0. The highest BCUT2D eigenvalue weighted by molar-refractivity contribution is 4.82. The highest BCUT2D eigenvalue weighted by Crippen LogP contribution is 2.31. The normalized spacial score (nSPS) is 27.6. The molecule has 0 heterocycles. The zero-order valence-electron chi connectivity index (χ0n) is 10.5. The summed E-state index contributed by atoms with van der Waals surface area (Å²) in [5.41, 5.74) is 0. The van der Waals surface area contributed by atoms with Crippen LogP contribution in [0, 0.1) is 11.8 Å². The molecule has 2 aliphatic carbocycles. The molecule has 0 aromatic rings. The highest BCUT2D eigenvalue weighted by atomic mass is 14.9. The maximum Gasteiger partial charge on any atom is 0.00694 e. The smallest absolute Gasteiger partial charge is 0.00694 e. The molecule has 2 fully saturated rings. The van der Waals surface area contributed by atoms with Crippen molar-refractivity contribution in [1.29, 1.82) is 0 Å². The topological polar surface area (TPSA) is 12.0 Å². The van der Waals surface area contributed by atoms with Gasteiger partial charge in [0.05, 0.1) is 0 Å². The standard InChI is InChI=1S/C14H27N/c1-11(10-13-6-3-4-7-13)15-12(2)14-8-5-9-14/h11-15H,3-10H2,1-2H3. The third-order valence-corrected chi connectivity index (χ3v) is 4.57. The molecular weight excluding hydrogens is 182 g/mol. The van der Waals surface area contributed by atoms with Gasteiger partial charge >= 0.3 is 0 Å². The minimum absolute atomic E-state index is 0.740. The van der Waals surface area contributed by atoms with Gasteiger partial charge in [-0.3, -0.25) is 0 Å².